The number of benzene rings is 6. The summed E-state index contributed by atoms with van der Waals surface area (Å²) < 4.78 is 8.46. The van der Waals surface area contributed by atoms with E-state index >= 15 is 0 Å². The molecule has 44 heavy (non-hydrogen) atoms. The van der Waals surface area contributed by atoms with Gasteiger partial charge in [0.15, 0.2) is 0 Å². The van der Waals surface area contributed by atoms with E-state index in [0.29, 0.717) is 0 Å². The van der Waals surface area contributed by atoms with Crippen LogP contribution in [0.4, 0.5) is 0 Å². The zero-order valence-corrected chi connectivity index (χ0v) is 23.8. The normalized spacial score (nSPS) is 11.6. The van der Waals surface area contributed by atoms with Gasteiger partial charge in [-0.1, -0.05) is 97.1 Å². The molecular weight excluding hydrogens is 536 g/mol. The molecule has 0 radical (unpaired) electrons. The van der Waals surface area contributed by atoms with E-state index in [1.54, 1.807) is 0 Å². The molecular formula is C41H26N2O. The van der Waals surface area contributed by atoms with Gasteiger partial charge in [-0.3, -0.25) is 0 Å². The van der Waals surface area contributed by atoms with E-state index < -0.39 is 0 Å². The minimum atomic E-state index is 0.884. The van der Waals surface area contributed by atoms with E-state index in [-0.39, 0.29) is 0 Å². The van der Waals surface area contributed by atoms with Crippen molar-refractivity contribution in [1.29, 1.82) is 0 Å². The van der Waals surface area contributed by atoms with Crippen LogP contribution in [0.3, 0.4) is 0 Å². The molecule has 9 rings (SSSR count). The highest BCUT2D eigenvalue weighted by molar-refractivity contribution is 6.09. The van der Waals surface area contributed by atoms with Gasteiger partial charge >= 0.3 is 0 Å². The Morgan fingerprint density at radius 3 is 1.68 bits per heavy atom. The maximum atomic E-state index is 6.10. The van der Waals surface area contributed by atoms with Gasteiger partial charge in [0, 0.05) is 38.4 Å². The molecule has 3 aromatic heterocycles. The molecule has 0 atom stereocenters. The predicted octanol–water partition coefficient (Wildman–Crippen LogP) is 11.1. The van der Waals surface area contributed by atoms with E-state index in [1.807, 2.05) is 18.2 Å². The molecule has 3 heterocycles. The van der Waals surface area contributed by atoms with Crippen molar-refractivity contribution >= 4 is 43.7 Å². The summed E-state index contributed by atoms with van der Waals surface area (Å²) in [6.07, 6.45) is 0. The van der Waals surface area contributed by atoms with Crippen LogP contribution in [0.25, 0.3) is 83.1 Å². The minimum Gasteiger partial charge on any atom is -0.456 e. The number of rotatable bonds is 4. The second kappa shape index (κ2) is 9.82. The van der Waals surface area contributed by atoms with Crippen LogP contribution in [0.2, 0.25) is 0 Å². The Kier molecular flexibility index (Phi) is 5.50. The molecule has 0 aliphatic carbocycles. The molecule has 0 fully saturated rings. The van der Waals surface area contributed by atoms with Crippen molar-refractivity contribution in [3.05, 3.63) is 158 Å². The van der Waals surface area contributed by atoms with Gasteiger partial charge in [0.1, 0.15) is 11.2 Å². The minimum absolute atomic E-state index is 0.884. The lowest BCUT2D eigenvalue weighted by Crippen LogP contribution is -1.94. The standard InChI is InChI=1S/C41H26N2O/c1-2-10-28(11-3-1)36-25-30(26-37(42-36)29-20-23-41-35(24-29)34-14-6-9-17-40(34)44-41)27-18-21-31(22-19-27)43-38-15-7-4-12-32(38)33-13-5-8-16-39(33)43/h1-26H. The third-order valence-electron chi connectivity index (χ3n) is 8.61. The number of hydrogen-bond acceptors (Lipinski definition) is 2. The van der Waals surface area contributed by atoms with Crippen LogP contribution in [0.1, 0.15) is 0 Å². The number of para-hydroxylation sites is 3. The average Bonchev–Trinajstić information content (AvgIpc) is 3.64. The largest absolute Gasteiger partial charge is 0.456 e. The summed E-state index contributed by atoms with van der Waals surface area (Å²) in [7, 11) is 0. The van der Waals surface area contributed by atoms with Gasteiger partial charge in [-0.15, -0.1) is 0 Å². The van der Waals surface area contributed by atoms with E-state index in [4.69, 9.17) is 9.40 Å². The van der Waals surface area contributed by atoms with Crippen LogP contribution in [-0.4, -0.2) is 9.55 Å². The topological polar surface area (TPSA) is 31.0 Å². The third kappa shape index (κ3) is 3.94. The highest BCUT2D eigenvalue weighted by Gasteiger charge is 2.14. The smallest absolute Gasteiger partial charge is 0.135 e. The SMILES string of the molecule is c1ccc(-c2cc(-c3ccc(-n4c5ccccc5c5ccccc54)cc3)cc(-c3ccc4oc5ccccc5c4c3)n2)cc1. The molecule has 0 aliphatic heterocycles. The summed E-state index contributed by atoms with van der Waals surface area (Å²) in [5.74, 6) is 0. The fourth-order valence-electron chi connectivity index (χ4n) is 6.49. The summed E-state index contributed by atoms with van der Waals surface area (Å²) >= 11 is 0. The van der Waals surface area contributed by atoms with Gasteiger partial charge in [-0.25, -0.2) is 4.98 Å². The quantitative estimate of drug-likeness (QED) is 0.214. The van der Waals surface area contributed by atoms with Gasteiger partial charge in [0.2, 0.25) is 0 Å². The second-order valence-corrected chi connectivity index (χ2v) is 11.2. The van der Waals surface area contributed by atoms with Crippen LogP contribution in [0, 0.1) is 0 Å². The highest BCUT2D eigenvalue weighted by Crippen LogP contribution is 2.36. The van der Waals surface area contributed by atoms with Crippen LogP contribution >= 0.6 is 0 Å². The van der Waals surface area contributed by atoms with Crippen LogP contribution in [0.5, 0.6) is 0 Å². The van der Waals surface area contributed by atoms with Gasteiger partial charge in [0.25, 0.3) is 0 Å². The molecule has 206 valence electrons. The monoisotopic (exact) mass is 562 g/mol. The molecule has 0 saturated heterocycles. The van der Waals surface area contributed by atoms with Gasteiger partial charge in [0.05, 0.1) is 22.4 Å². The first-order chi connectivity index (χ1) is 21.8. The van der Waals surface area contributed by atoms with Gasteiger partial charge < -0.3 is 8.98 Å². The first-order valence-electron chi connectivity index (χ1n) is 14.9. The molecule has 0 saturated carbocycles. The van der Waals surface area contributed by atoms with Crippen molar-refractivity contribution in [3.8, 4) is 39.3 Å². The molecule has 0 amide bonds. The number of furan rings is 1. The Labute approximate surface area is 254 Å². The third-order valence-corrected chi connectivity index (χ3v) is 8.61. The zero-order valence-electron chi connectivity index (χ0n) is 23.8. The Hall–Kier alpha value is -5.93. The van der Waals surface area contributed by atoms with E-state index in [2.05, 4.69) is 144 Å². The van der Waals surface area contributed by atoms with Crippen molar-refractivity contribution in [1.82, 2.24) is 9.55 Å². The van der Waals surface area contributed by atoms with E-state index in [0.717, 1.165) is 61.3 Å². The molecule has 3 heteroatoms. The molecule has 9 aromatic rings. The number of nitrogens with zero attached hydrogens (tertiary/aromatic N) is 2. The Morgan fingerprint density at radius 2 is 0.955 bits per heavy atom. The lowest BCUT2D eigenvalue weighted by Gasteiger charge is -2.12. The summed E-state index contributed by atoms with van der Waals surface area (Å²) in [6.45, 7) is 0. The van der Waals surface area contributed by atoms with Crippen molar-refractivity contribution in [2.24, 2.45) is 0 Å². The Bertz CT molecular complexity index is 2430. The zero-order chi connectivity index (χ0) is 29.0. The average molecular weight is 563 g/mol. The second-order valence-electron chi connectivity index (χ2n) is 11.2. The number of pyridine rings is 1. The lowest BCUT2D eigenvalue weighted by atomic mass is 9.99. The number of hydrogen-bond donors (Lipinski definition) is 0. The molecule has 0 bridgehead atoms. The van der Waals surface area contributed by atoms with E-state index in [1.165, 1.54) is 21.8 Å². The summed E-state index contributed by atoms with van der Waals surface area (Å²) in [6, 6.07) is 55.5. The van der Waals surface area contributed by atoms with Crippen LogP contribution < -0.4 is 0 Å². The van der Waals surface area contributed by atoms with Crippen molar-refractivity contribution < 1.29 is 4.42 Å². The Morgan fingerprint density at radius 1 is 0.386 bits per heavy atom. The first kappa shape index (κ1) is 24.6. The number of fused-ring (bicyclic) bond motifs is 6. The predicted molar refractivity (Wildman–Crippen MR) is 182 cm³/mol. The summed E-state index contributed by atoms with van der Waals surface area (Å²) in [4.78, 5) is 5.16. The fourth-order valence-corrected chi connectivity index (χ4v) is 6.49. The molecule has 6 aromatic carbocycles. The highest BCUT2D eigenvalue weighted by atomic mass is 16.3. The van der Waals surface area contributed by atoms with Crippen molar-refractivity contribution in [2.45, 2.75) is 0 Å². The summed E-state index contributed by atoms with van der Waals surface area (Å²) in [5, 5.41) is 4.74. The van der Waals surface area contributed by atoms with Crippen LogP contribution in [-0.2, 0) is 0 Å². The fraction of sp³-hybridized carbons (Fsp3) is 0. The van der Waals surface area contributed by atoms with Crippen molar-refractivity contribution in [2.75, 3.05) is 0 Å². The van der Waals surface area contributed by atoms with Crippen molar-refractivity contribution in [3.63, 3.8) is 0 Å². The molecule has 3 nitrogen and oxygen atoms in total. The first-order valence-corrected chi connectivity index (χ1v) is 14.9. The Balaban J connectivity index is 1.19. The lowest BCUT2D eigenvalue weighted by molar-refractivity contribution is 0.669. The molecule has 0 aliphatic rings. The number of aromatic nitrogens is 2. The van der Waals surface area contributed by atoms with E-state index in [9.17, 15) is 0 Å². The molecule has 0 spiro atoms. The van der Waals surface area contributed by atoms with Gasteiger partial charge in [-0.05, 0) is 71.8 Å². The molecule has 0 N–H and O–H groups in total. The maximum absolute atomic E-state index is 6.10. The van der Waals surface area contributed by atoms with Gasteiger partial charge in [-0.2, -0.15) is 0 Å². The van der Waals surface area contributed by atoms with Crippen LogP contribution in [0.15, 0.2) is 162 Å². The molecule has 0 unspecified atom stereocenters. The summed E-state index contributed by atoms with van der Waals surface area (Å²) in [5.41, 5.74) is 11.6. The maximum Gasteiger partial charge on any atom is 0.135 e.